The molecule has 0 saturated heterocycles. The minimum absolute atomic E-state index is 0.500. The van der Waals surface area contributed by atoms with E-state index in [2.05, 4.69) is 10.3 Å². The van der Waals surface area contributed by atoms with E-state index in [0.717, 1.165) is 5.69 Å². The second kappa shape index (κ2) is 2.96. The maximum Gasteiger partial charge on any atom is 0.150 e. The lowest BCUT2D eigenvalue weighted by Gasteiger charge is -2.05. The van der Waals surface area contributed by atoms with Crippen molar-refractivity contribution in [2.75, 3.05) is 18.1 Å². The molecule has 3 nitrogen and oxygen atoms in total. The van der Waals surface area contributed by atoms with Gasteiger partial charge in [0.2, 0.25) is 0 Å². The molecule has 0 unspecified atom stereocenters. The molecule has 0 aromatic carbocycles. The second-order valence-electron chi connectivity index (χ2n) is 2.26. The summed E-state index contributed by atoms with van der Waals surface area (Å²) in [6, 6.07) is 1.73. The standard InChI is InChI=1S/C7H10ClN3/c1-4-3-5(8)6(9)7(10-2)11-4/h3H,9H2,1-2H3,(H,10,11). The topological polar surface area (TPSA) is 50.9 Å². The fraction of sp³-hybridized carbons (Fsp3) is 0.286. The molecule has 0 fully saturated rings. The lowest BCUT2D eigenvalue weighted by Crippen LogP contribution is -2.00. The first-order valence-corrected chi connectivity index (χ1v) is 3.63. The van der Waals surface area contributed by atoms with Gasteiger partial charge in [0.05, 0.1) is 10.7 Å². The number of rotatable bonds is 1. The maximum atomic E-state index is 5.79. The van der Waals surface area contributed by atoms with E-state index in [0.29, 0.717) is 16.5 Å². The van der Waals surface area contributed by atoms with Crippen LogP contribution >= 0.6 is 11.6 Å². The minimum atomic E-state index is 0.500. The van der Waals surface area contributed by atoms with E-state index in [1.54, 1.807) is 13.1 Å². The molecule has 0 aliphatic heterocycles. The van der Waals surface area contributed by atoms with E-state index in [1.807, 2.05) is 6.92 Å². The highest BCUT2D eigenvalue weighted by molar-refractivity contribution is 6.33. The van der Waals surface area contributed by atoms with Crippen molar-refractivity contribution in [2.45, 2.75) is 6.92 Å². The SMILES string of the molecule is CNc1nc(C)cc(Cl)c1N. The number of nitrogen functional groups attached to an aromatic ring is 1. The number of pyridine rings is 1. The van der Waals surface area contributed by atoms with Crippen molar-refractivity contribution in [2.24, 2.45) is 0 Å². The van der Waals surface area contributed by atoms with Crippen LogP contribution in [0.1, 0.15) is 5.69 Å². The summed E-state index contributed by atoms with van der Waals surface area (Å²) in [6.07, 6.45) is 0. The zero-order valence-electron chi connectivity index (χ0n) is 6.48. The molecule has 1 heterocycles. The van der Waals surface area contributed by atoms with Gasteiger partial charge in [0.1, 0.15) is 0 Å². The first-order chi connectivity index (χ1) is 5.15. The largest absolute Gasteiger partial charge is 0.395 e. The zero-order valence-corrected chi connectivity index (χ0v) is 7.24. The van der Waals surface area contributed by atoms with Crippen LogP contribution in [0.25, 0.3) is 0 Å². The van der Waals surface area contributed by atoms with Crippen molar-refractivity contribution < 1.29 is 0 Å². The molecule has 1 rings (SSSR count). The van der Waals surface area contributed by atoms with Gasteiger partial charge in [-0.05, 0) is 13.0 Å². The average Bonchev–Trinajstić information content (AvgIpc) is 1.96. The summed E-state index contributed by atoms with van der Waals surface area (Å²) in [5.41, 5.74) is 6.96. The van der Waals surface area contributed by atoms with Gasteiger partial charge in [-0.3, -0.25) is 0 Å². The Hall–Kier alpha value is -0.960. The molecular formula is C7H10ClN3. The number of nitrogens with zero attached hydrogens (tertiary/aromatic N) is 1. The molecule has 11 heavy (non-hydrogen) atoms. The third-order valence-corrected chi connectivity index (χ3v) is 1.69. The molecule has 0 spiro atoms. The van der Waals surface area contributed by atoms with E-state index >= 15 is 0 Å². The Balaban J connectivity index is 3.24. The van der Waals surface area contributed by atoms with Crippen LogP contribution in [0.2, 0.25) is 5.02 Å². The molecule has 0 amide bonds. The normalized spacial score (nSPS) is 9.73. The van der Waals surface area contributed by atoms with E-state index in [9.17, 15) is 0 Å². The van der Waals surface area contributed by atoms with Crippen molar-refractivity contribution in [1.82, 2.24) is 4.98 Å². The third kappa shape index (κ3) is 1.54. The van der Waals surface area contributed by atoms with Crippen molar-refractivity contribution in [3.05, 3.63) is 16.8 Å². The van der Waals surface area contributed by atoms with Gasteiger partial charge in [0.15, 0.2) is 5.82 Å². The smallest absolute Gasteiger partial charge is 0.150 e. The molecule has 1 aromatic heterocycles. The Morgan fingerprint density at radius 1 is 1.64 bits per heavy atom. The number of aryl methyl sites for hydroxylation is 1. The highest BCUT2D eigenvalue weighted by atomic mass is 35.5. The lowest BCUT2D eigenvalue weighted by atomic mass is 10.3. The monoisotopic (exact) mass is 171 g/mol. The van der Waals surface area contributed by atoms with Crippen LogP contribution in [0.15, 0.2) is 6.07 Å². The molecule has 1 aromatic rings. The Labute approximate surface area is 70.6 Å². The average molecular weight is 172 g/mol. The number of halogens is 1. The summed E-state index contributed by atoms with van der Waals surface area (Å²) in [4.78, 5) is 4.13. The fourth-order valence-electron chi connectivity index (χ4n) is 0.834. The summed E-state index contributed by atoms with van der Waals surface area (Å²) < 4.78 is 0. The Morgan fingerprint density at radius 3 is 2.82 bits per heavy atom. The van der Waals surface area contributed by atoms with Crippen LogP contribution in [-0.4, -0.2) is 12.0 Å². The summed E-state index contributed by atoms with van der Waals surface area (Å²) in [7, 11) is 1.76. The first kappa shape index (κ1) is 8.14. The number of aromatic nitrogens is 1. The van der Waals surface area contributed by atoms with Crippen LogP contribution in [0, 0.1) is 6.92 Å². The van der Waals surface area contributed by atoms with Gasteiger partial charge in [-0.1, -0.05) is 11.6 Å². The molecular weight excluding hydrogens is 162 g/mol. The molecule has 4 heteroatoms. The number of nitrogens with one attached hydrogen (secondary N) is 1. The van der Waals surface area contributed by atoms with Crippen molar-refractivity contribution in [1.29, 1.82) is 0 Å². The Bertz CT molecular complexity index is 273. The molecule has 0 aliphatic carbocycles. The van der Waals surface area contributed by atoms with Crippen LogP contribution in [0.5, 0.6) is 0 Å². The first-order valence-electron chi connectivity index (χ1n) is 3.25. The van der Waals surface area contributed by atoms with Crippen LogP contribution in [0.3, 0.4) is 0 Å². The highest BCUT2D eigenvalue weighted by Gasteiger charge is 2.03. The van der Waals surface area contributed by atoms with Crippen molar-refractivity contribution >= 4 is 23.1 Å². The Kier molecular flexibility index (Phi) is 2.19. The summed E-state index contributed by atoms with van der Waals surface area (Å²) >= 11 is 5.79. The van der Waals surface area contributed by atoms with E-state index < -0.39 is 0 Å². The molecule has 60 valence electrons. The Morgan fingerprint density at radius 2 is 2.27 bits per heavy atom. The van der Waals surface area contributed by atoms with Gasteiger partial charge >= 0.3 is 0 Å². The van der Waals surface area contributed by atoms with Gasteiger partial charge in [0.25, 0.3) is 0 Å². The van der Waals surface area contributed by atoms with E-state index in [-0.39, 0.29) is 0 Å². The van der Waals surface area contributed by atoms with Gasteiger partial charge in [-0.2, -0.15) is 0 Å². The second-order valence-corrected chi connectivity index (χ2v) is 2.66. The molecule has 0 atom stereocenters. The van der Waals surface area contributed by atoms with Gasteiger partial charge < -0.3 is 11.1 Å². The number of hydrogen-bond donors (Lipinski definition) is 2. The lowest BCUT2D eigenvalue weighted by molar-refractivity contribution is 1.19. The molecule has 0 aliphatic rings. The zero-order chi connectivity index (χ0) is 8.43. The predicted octanol–water partition coefficient (Wildman–Crippen LogP) is 1.67. The number of nitrogens with two attached hydrogens (primary N) is 1. The van der Waals surface area contributed by atoms with Gasteiger partial charge in [0, 0.05) is 12.7 Å². The fourth-order valence-corrected chi connectivity index (χ4v) is 1.08. The number of anilines is 2. The summed E-state index contributed by atoms with van der Waals surface area (Å²) in [5, 5.41) is 3.40. The van der Waals surface area contributed by atoms with E-state index in [1.165, 1.54) is 0 Å². The molecule has 0 radical (unpaired) electrons. The van der Waals surface area contributed by atoms with Crippen LogP contribution in [0.4, 0.5) is 11.5 Å². The number of hydrogen-bond acceptors (Lipinski definition) is 3. The van der Waals surface area contributed by atoms with Crippen molar-refractivity contribution in [3.8, 4) is 0 Å². The van der Waals surface area contributed by atoms with Crippen LogP contribution in [-0.2, 0) is 0 Å². The van der Waals surface area contributed by atoms with Crippen LogP contribution < -0.4 is 11.1 Å². The predicted molar refractivity (Wildman–Crippen MR) is 47.9 cm³/mol. The summed E-state index contributed by atoms with van der Waals surface area (Å²) in [5.74, 6) is 0.634. The van der Waals surface area contributed by atoms with E-state index in [4.69, 9.17) is 17.3 Å². The quantitative estimate of drug-likeness (QED) is 0.676. The maximum absolute atomic E-state index is 5.79. The minimum Gasteiger partial charge on any atom is -0.395 e. The molecule has 0 saturated carbocycles. The summed E-state index contributed by atoms with van der Waals surface area (Å²) in [6.45, 7) is 1.87. The van der Waals surface area contributed by atoms with Gasteiger partial charge in [-0.15, -0.1) is 0 Å². The van der Waals surface area contributed by atoms with Gasteiger partial charge in [-0.25, -0.2) is 4.98 Å². The molecule has 3 N–H and O–H groups in total. The third-order valence-electron chi connectivity index (χ3n) is 1.37. The highest BCUT2D eigenvalue weighted by Crippen LogP contribution is 2.25. The van der Waals surface area contributed by atoms with Crippen molar-refractivity contribution in [3.63, 3.8) is 0 Å². The molecule has 0 bridgehead atoms.